The third-order valence-electron chi connectivity index (χ3n) is 4.82. The van der Waals surface area contributed by atoms with E-state index in [2.05, 4.69) is 10.0 Å². The highest BCUT2D eigenvalue weighted by Crippen LogP contribution is 2.29. The minimum atomic E-state index is -4.23. The van der Waals surface area contributed by atoms with Crippen LogP contribution >= 0.6 is 0 Å². The molecule has 0 fully saturated rings. The smallest absolute Gasteiger partial charge is 0.407 e. The molecule has 0 atom stereocenters. The highest BCUT2D eigenvalue weighted by Gasteiger charge is 2.21. The van der Waals surface area contributed by atoms with E-state index in [1.807, 2.05) is 0 Å². The van der Waals surface area contributed by atoms with E-state index in [1.54, 1.807) is 45.0 Å². The van der Waals surface area contributed by atoms with Crippen molar-refractivity contribution >= 4 is 33.5 Å². The molecule has 200 valence electrons. The number of non-ortho nitro benzene ring substituents is 1. The Bertz CT molecular complexity index is 1450. The van der Waals surface area contributed by atoms with E-state index in [-0.39, 0.29) is 34.1 Å². The van der Waals surface area contributed by atoms with Gasteiger partial charge in [0.2, 0.25) is 0 Å². The average Bonchev–Trinajstić information content (AvgIpc) is 2.83. The van der Waals surface area contributed by atoms with Crippen LogP contribution in [-0.2, 0) is 21.3 Å². The van der Waals surface area contributed by atoms with Gasteiger partial charge in [0.25, 0.3) is 15.7 Å². The van der Waals surface area contributed by atoms with Crippen LogP contribution in [0.3, 0.4) is 0 Å². The second-order valence-electron chi connectivity index (χ2n) is 8.97. The molecule has 0 aromatic heterocycles. The van der Waals surface area contributed by atoms with Crippen molar-refractivity contribution in [3.8, 4) is 11.5 Å². The van der Waals surface area contributed by atoms with Crippen LogP contribution in [0, 0.1) is 10.1 Å². The molecule has 38 heavy (non-hydrogen) atoms. The molecule has 3 aromatic rings. The number of hydrogen-bond donors (Lipinski definition) is 3. The van der Waals surface area contributed by atoms with Crippen LogP contribution < -0.4 is 14.8 Å². The summed E-state index contributed by atoms with van der Waals surface area (Å²) >= 11 is 0. The Balaban J connectivity index is 1.71. The van der Waals surface area contributed by atoms with Crippen molar-refractivity contribution in [2.24, 2.45) is 0 Å². The van der Waals surface area contributed by atoms with E-state index >= 15 is 0 Å². The van der Waals surface area contributed by atoms with E-state index in [0.29, 0.717) is 5.75 Å². The number of carbonyl (C=O) groups is 2. The highest BCUT2D eigenvalue weighted by atomic mass is 32.2. The fourth-order valence-electron chi connectivity index (χ4n) is 3.10. The van der Waals surface area contributed by atoms with Gasteiger partial charge in [0.05, 0.1) is 21.1 Å². The number of sulfonamides is 1. The van der Waals surface area contributed by atoms with Gasteiger partial charge < -0.3 is 19.9 Å². The number of nitro groups is 1. The number of benzene rings is 3. The lowest BCUT2D eigenvalue weighted by atomic mass is 10.1. The molecular weight excluding hydrogens is 518 g/mol. The van der Waals surface area contributed by atoms with Gasteiger partial charge in [0.15, 0.2) is 0 Å². The second kappa shape index (κ2) is 11.2. The standard InChI is InChI=1S/C25H25N3O9S/c1-25(2,3)37-24(31)26-15-16-4-8-18(9-5-16)36-19-10-13-22(21(14-19)23(29)30)27-38(34,35)20-11-6-17(7-12-20)28(32)33/h4-14,27H,15H2,1-3H3,(H,26,31)(H,29,30). The Morgan fingerprint density at radius 3 is 2.13 bits per heavy atom. The van der Waals surface area contributed by atoms with Gasteiger partial charge in [-0.15, -0.1) is 0 Å². The molecule has 0 radical (unpaired) electrons. The van der Waals surface area contributed by atoms with Crippen molar-refractivity contribution in [2.45, 2.75) is 37.8 Å². The van der Waals surface area contributed by atoms with Crippen molar-refractivity contribution in [1.29, 1.82) is 0 Å². The number of hydrogen-bond acceptors (Lipinski definition) is 8. The van der Waals surface area contributed by atoms with Crippen molar-refractivity contribution in [3.05, 3.63) is 88.0 Å². The number of ether oxygens (including phenoxy) is 2. The van der Waals surface area contributed by atoms with Gasteiger partial charge in [-0.1, -0.05) is 12.1 Å². The van der Waals surface area contributed by atoms with Crippen LogP contribution in [0.4, 0.5) is 16.2 Å². The molecule has 1 amide bonds. The fraction of sp³-hybridized carbons (Fsp3) is 0.200. The number of nitrogens with one attached hydrogen (secondary N) is 2. The SMILES string of the molecule is CC(C)(C)OC(=O)NCc1ccc(Oc2ccc(NS(=O)(=O)c3ccc([N+](=O)[O-])cc3)c(C(=O)O)c2)cc1. The minimum Gasteiger partial charge on any atom is -0.478 e. The van der Waals surface area contributed by atoms with Crippen LogP contribution in [0.25, 0.3) is 0 Å². The first-order valence-corrected chi connectivity index (χ1v) is 12.6. The summed E-state index contributed by atoms with van der Waals surface area (Å²) < 4.78 is 38.5. The summed E-state index contributed by atoms with van der Waals surface area (Å²) in [5.74, 6) is -0.887. The number of alkyl carbamates (subject to hydrolysis) is 1. The Morgan fingerprint density at radius 2 is 1.58 bits per heavy atom. The van der Waals surface area contributed by atoms with Gasteiger partial charge in [0, 0.05) is 18.7 Å². The van der Waals surface area contributed by atoms with Crippen molar-refractivity contribution in [2.75, 3.05) is 4.72 Å². The van der Waals surface area contributed by atoms with Gasteiger partial charge in [-0.3, -0.25) is 14.8 Å². The lowest BCUT2D eigenvalue weighted by molar-refractivity contribution is -0.384. The number of amides is 1. The number of rotatable bonds is 9. The molecule has 12 nitrogen and oxygen atoms in total. The number of carboxylic acid groups (broad SMARTS) is 1. The predicted molar refractivity (Wildman–Crippen MR) is 137 cm³/mol. The van der Waals surface area contributed by atoms with Gasteiger partial charge in [0.1, 0.15) is 17.1 Å². The van der Waals surface area contributed by atoms with Crippen LogP contribution in [0.15, 0.2) is 71.6 Å². The monoisotopic (exact) mass is 543 g/mol. The van der Waals surface area contributed by atoms with E-state index in [9.17, 15) is 33.2 Å². The molecular formula is C25H25N3O9S. The lowest BCUT2D eigenvalue weighted by Crippen LogP contribution is -2.32. The Hall–Kier alpha value is -4.65. The quantitative estimate of drug-likeness (QED) is 0.250. The van der Waals surface area contributed by atoms with E-state index < -0.39 is 32.6 Å². The maximum absolute atomic E-state index is 12.7. The van der Waals surface area contributed by atoms with Crippen LogP contribution in [0.2, 0.25) is 0 Å². The second-order valence-corrected chi connectivity index (χ2v) is 10.7. The zero-order valence-corrected chi connectivity index (χ0v) is 21.4. The van der Waals surface area contributed by atoms with Crippen LogP contribution in [-0.4, -0.2) is 36.1 Å². The van der Waals surface area contributed by atoms with Crippen molar-refractivity contribution < 1.29 is 37.5 Å². The summed E-state index contributed by atoms with van der Waals surface area (Å²) in [6, 6.07) is 14.6. The number of nitro benzene ring substituents is 1. The maximum atomic E-state index is 12.7. The molecule has 3 N–H and O–H groups in total. The third kappa shape index (κ3) is 7.67. The summed E-state index contributed by atoms with van der Waals surface area (Å²) in [6.45, 7) is 5.50. The Labute approximate surface area is 218 Å². The van der Waals surface area contributed by atoms with Crippen molar-refractivity contribution in [1.82, 2.24) is 5.32 Å². The number of anilines is 1. The molecule has 0 heterocycles. The zero-order chi connectivity index (χ0) is 28.1. The molecule has 0 aliphatic rings. The molecule has 0 saturated carbocycles. The zero-order valence-electron chi connectivity index (χ0n) is 20.6. The number of carboxylic acids is 1. The summed E-state index contributed by atoms with van der Waals surface area (Å²) in [7, 11) is -4.23. The average molecular weight is 544 g/mol. The minimum absolute atomic E-state index is 0.139. The van der Waals surface area contributed by atoms with E-state index in [0.717, 1.165) is 35.9 Å². The summed E-state index contributed by atoms with van der Waals surface area (Å²) in [6.07, 6.45) is -0.552. The lowest BCUT2D eigenvalue weighted by Gasteiger charge is -2.19. The number of carbonyl (C=O) groups excluding carboxylic acids is 1. The normalized spacial score (nSPS) is 11.3. The predicted octanol–water partition coefficient (Wildman–Crippen LogP) is 4.91. The first-order chi connectivity index (χ1) is 17.7. The van der Waals surface area contributed by atoms with Gasteiger partial charge in [-0.25, -0.2) is 18.0 Å². The molecule has 0 spiro atoms. The number of aromatic carboxylic acids is 1. The van der Waals surface area contributed by atoms with Crippen LogP contribution in [0.1, 0.15) is 36.7 Å². The summed E-state index contributed by atoms with van der Waals surface area (Å²) in [5.41, 5.74) is -0.719. The maximum Gasteiger partial charge on any atom is 0.407 e. The molecule has 0 bridgehead atoms. The molecule has 0 aliphatic heterocycles. The summed E-state index contributed by atoms with van der Waals surface area (Å²) in [5, 5.41) is 23.0. The first kappa shape index (κ1) is 27.9. The molecule has 0 aliphatic carbocycles. The van der Waals surface area contributed by atoms with E-state index in [1.165, 1.54) is 12.1 Å². The van der Waals surface area contributed by atoms with Gasteiger partial charge in [-0.05, 0) is 68.8 Å². The Morgan fingerprint density at radius 1 is 0.974 bits per heavy atom. The van der Waals surface area contributed by atoms with E-state index in [4.69, 9.17) is 9.47 Å². The highest BCUT2D eigenvalue weighted by molar-refractivity contribution is 7.92. The summed E-state index contributed by atoms with van der Waals surface area (Å²) in [4.78, 5) is 33.5. The first-order valence-electron chi connectivity index (χ1n) is 11.1. The van der Waals surface area contributed by atoms with Gasteiger partial charge >= 0.3 is 12.1 Å². The number of nitrogens with zero attached hydrogens (tertiary/aromatic N) is 1. The molecule has 3 rings (SSSR count). The largest absolute Gasteiger partial charge is 0.478 e. The molecule has 0 saturated heterocycles. The third-order valence-corrected chi connectivity index (χ3v) is 6.20. The van der Waals surface area contributed by atoms with Gasteiger partial charge in [-0.2, -0.15) is 0 Å². The molecule has 0 unspecified atom stereocenters. The molecule has 13 heteroatoms. The Kier molecular flexibility index (Phi) is 8.21. The van der Waals surface area contributed by atoms with Crippen molar-refractivity contribution in [3.63, 3.8) is 0 Å². The molecule has 3 aromatic carbocycles. The van der Waals surface area contributed by atoms with Crippen LogP contribution in [0.5, 0.6) is 11.5 Å². The fourth-order valence-corrected chi connectivity index (χ4v) is 4.18. The topological polar surface area (TPSA) is 174 Å².